The third kappa shape index (κ3) is 4.16. The van der Waals surface area contributed by atoms with Crippen LogP contribution in [-0.2, 0) is 0 Å². The number of hydrogen-bond donors (Lipinski definition) is 1. The van der Waals surface area contributed by atoms with Gasteiger partial charge in [0.25, 0.3) is 0 Å². The van der Waals surface area contributed by atoms with Crippen molar-refractivity contribution < 1.29 is 9.47 Å². The molecule has 0 aromatic heterocycles. The molecule has 2 fully saturated rings. The van der Waals surface area contributed by atoms with Crippen molar-refractivity contribution in [2.24, 2.45) is 5.92 Å². The zero-order chi connectivity index (χ0) is 15.2. The van der Waals surface area contributed by atoms with Gasteiger partial charge in [-0.1, -0.05) is 18.6 Å². The number of ether oxygens (including phenoxy) is 2. The zero-order valence-corrected chi connectivity index (χ0v) is 13.7. The van der Waals surface area contributed by atoms with E-state index in [-0.39, 0.29) is 6.10 Å². The molecule has 1 saturated carbocycles. The maximum Gasteiger partial charge on any atom is 0.161 e. The molecule has 0 radical (unpaired) electrons. The Morgan fingerprint density at radius 3 is 2.50 bits per heavy atom. The van der Waals surface area contributed by atoms with Crippen molar-refractivity contribution in [1.82, 2.24) is 5.32 Å². The van der Waals surface area contributed by atoms with Crippen LogP contribution in [0.4, 0.5) is 0 Å². The lowest BCUT2D eigenvalue weighted by atomic mass is 9.94. The van der Waals surface area contributed by atoms with Gasteiger partial charge in [-0.05, 0) is 64.1 Å². The summed E-state index contributed by atoms with van der Waals surface area (Å²) in [5.41, 5.74) is 0. The standard InChI is InChI=1S/C19H29NO2/c1-15(16-8-7-13-20-14-16)21-18-11-5-6-12-19(18)22-17-9-3-2-4-10-17/h5-6,11-12,15-17,20H,2-4,7-10,13-14H2,1H3. The van der Waals surface area contributed by atoms with Crippen LogP contribution in [0, 0.1) is 5.92 Å². The summed E-state index contributed by atoms with van der Waals surface area (Å²) in [5.74, 6) is 2.42. The van der Waals surface area contributed by atoms with Crippen molar-refractivity contribution >= 4 is 0 Å². The number of para-hydroxylation sites is 2. The van der Waals surface area contributed by atoms with Gasteiger partial charge in [-0.15, -0.1) is 0 Å². The highest BCUT2D eigenvalue weighted by molar-refractivity contribution is 5.39. The van der Waals surface area contributed by atoms with E-state index in [4.69, 9.17) is 9.47 Å². The van der Waals surface area contributed by atoms with E-state index in [0.717, 1.165) is 24.6 Å². The lowest BCUT2D eigenvalue weighted by Gasteiger charge is -2.30. The van der Waals surface area contributed by atoms with Gasteiger partial charge in [0.1, 0.15) is 6.10 Å². The first-order chi connectivity index (χ1) is 10.8. The molecule has 1 aromatic rings. The van der Waals surface area contributed by atoms with Gasteiger partial charge >= 0.3 is 0 Å². The van der Waals surface area contributed by atoms with Gasteiger partial charge in [0.15, 0.2) is 11.5 Å². The van der Waals surface area contributed by atoms with E-state index in [1.807, 2.05) is 18.2 Å². The summed E-state index contributed by atoms with van der Waals surface area (Å²) in [6, 6.07) is 8.17. The lowest BCUT2D eigenvalue weighted by molar-refractivity contribution is 0.111. The molecular formula is C19H29NO2. The van der Waals surface area contributed by atoms with E-state index in [1.165, 1.54) is 44.9 Å². The number of nitrogens with one attached hydrogen (secondary N) is 1. The Hall–Kier alpha value is -1.22. The topological polar surface area (TPSA) is 30.5 Å². The Kier molecular flexibility index (Phi) is 5.60. The van der Waals surface area contributed by atoms with Crippen LogP contribution < -0.4 is 14.8 Å². The van der Waals surface area contributed by atoms with Gasteiger partial charge < -0.3 is 14.8 Å². The number of rotatable bonds is 5. The van der Waals surface area contributed by atoms with Crippen LogP contribution in [0.3, 0.4) is 0 Å². The molecule has 1 aromatic carbocycles. The first-order valence-electron chi connectivity index (χ1n) is 8.96. The first-order valence-corrected chi connectivity index (χ1v) is 8.96. The normalized spacial score (nSPS) is 24.7. The van der Waals surface area contributed by atoms with Gasteiger partial charge in [0.05, 0.1) is 6.10 Å². The van der Waals surface area contributed by atoms with Gasteiger partial charge in [0.2, 0.25) is 0 Å². The molecule has 2 unspecified atom stereocenters. The van der Waals surface area contributed by atoms with Crippen molar-refractivity contribution in [3.8, 4) is 11.5 Å². The van der Waals surface area contributed by atoms with E-state index in [1.54, 1.807) is 0 Å². The number of benzene rings is 1. The molecule has 1 aliphatic heterocycles. The Morgan fingerprint density at radius 1 is 1.00 bits per heavy atom. The molecule has 1 aliphatic carbocycles. The second kappa shape index (κ2) is 7.87. The summed E-state index contributed by atoms with van der Waals surface area (Å²) >= 11 is 0. The highest BCUT2D eigenvalue weighted by Crippen LogP contribution is 2.32. The summed E-state index contributed by atoms with van der Waals surface area (Å²) in [5, 5.41) is 3.47. The molecule has 0 amide bonds. The van der Waals surface area contributed by atoms with Crippen molar-refractivity contribution in [3.63, 3.8) is 0 Å². The molecule has 0 spiro atoms. The molecule has 0 bridgehead atoms. The molecule has 122 valence electrons. The zero-order valence-electron chi connectivity index (χ0n) is 13.7. The predicted molar refractivity (Wildman–Crippen MR) is 89.6 cm³/mol. The van der Waals surface area contributed by atoms with E-state index in [2.05, 4.69) is 18.3 Å². The van der Waals surface area contributed by atoms with Gasteiger partial charge in [-0.25, -0.2) is 0 Å². The van der Waals surface area contributed by atoms with Gasteiger partial charge in [0, 0.05) is 12.5 Å². The molecule has 1 saturated heterocycles. The van der Waals surface area contributed by atoms with Crippen LogP contribution in [0.15, 0.2) is 24.3 Å². The summed E-state index contributed by atoms with van der Waals surface area (Å²) in [6.45, 7) is 4.40. The average molecular weight is 303 g/mol. The minimum absolute atomic E-state index is 0.226. The number of piperidine rings is 1. The molecule has 1 heterocycles. The minimum Gasteiger partial charge on any atom is -0.487 e. The summed E-state index contributed by atoms with van der Waals surface area (Å²) in [6.07, 6.45) is 9.37. The molecular weight excluding hydrogens is 274 g/mol. The largest absolute Gasteiger partial charge is 0.487 e. The lowest BCUT2D eigenvalue weighted by Crippen LogP contribution is -2.38. The van der Waals surface area contributed by atoms with Crippen molar-refractivity contribution in [3.05, 3.63) is 24.3 Å². The molecule has 1 N–H and O–H groups in total. The van der Waals surface area contributed by atoms with E-state index < -0.39 is 0 Å². The molecule has 3 heteroatoms. The van der Waals surface area contributed by atoms with Gasteiger partial charge in [-0.3, -0.25) is 0 Å². The fraction of sp³-hybridized carbons (Fsp3) is 0.684. The fourth-order valence-corrected chi connectivity index (χ4v) is 3.58. The third-order valence-electron chi connectivity index (χ3n) is 5.01. The van der Waals surface area contributed by atoms with Crippen LogP contribution >= 0.6 is 0 Å². The Bertz CT molecular complexity index is 451. The Balaban J connectivity index is 1.62. The third-order valence-corrected chi connectivity index (χ3v) is 5.01. The highest BCUT2D eigenvalue weighted by atomic mass is 16.5. The first kappa shape index (κ1) is 15.7. The fourth-order valence-electron chi connectivity index (χ4n) is 3.58. The van der Waals surface area contributed by atoms with Crippen LogP contribution in [0.25, 0.3) is 0 Å². The Labute approximate surface area is 134 Å². The Morgan fingerprint density at radius 2 is 1.77 bits per heavy atom. The SMILES string of the molecule is CC(Oc1ccccc1OC1CCCCC1)C1CCCNC1. The average Bonchev–Trinajstić information content (AvgIpc) is 2.58. The molecule has 2 atom stereocenters. The highest BCUT2D eigenvalue weighted by Gasteiger charge is 2.23. The van der Waals surface area contributed by atoms with Crippen molar-refractivity contribution in [2.45, 2.75) is 64.1 Å². The smallest absolute Gasteiger partial charge is 0.161 e. The van der Waals surface area contributed by atoms with E-state index >= 15 is 0 Å². The molecule has 3 rings (SSSR count). The summed E-state index contributed by atoms with van der Waals surface area (Å²) in [4.78, 5) is 0. The van der Waals surface area contributed by atoms with Crippen LogP contribution in [-0.4, -0.2) is 25.3 Å². The predicted octanol–water partition coefficient (Wildman–Crippen LogP) is 4.17. The van der Waals surface area contributed by atoms with Crippen LogP contribution in [0.2, 0.25) is 0 Å². The molecule has 22 heavy (non-hydrogen) atoms. The van der Waals surface area contributed by atoms with Crippen LogP contribution in [0.5, 0.6) is 11.5 Å². The second-order valence-electron chi connectivity index (χ2n) is 6.75. The maximum atomic E-state index is 6.26. The van der Waals surface area contributed by atoms with E-state index in [0.29, 0.717) is 12.0 Å². The molecule has 2 aliphatic rings. The van der Waals surface area contributed by atoms with E-state index in [9.17, 15) is 0 Å². The van der Waals surface area contributed by atoms with Crippen LogP contribution in [0.1, 0.15) is 51.9 Å². The maximum absolute atomic E-state index is 6.26. The number of hydrogen-bond acceptors (Lipinski definition) is 3. The summed E-state index contributed by atoms with van der Waals surface area (Å²) < 4.78 is 12.5. The monoisotopic (exact) mass is 303 g/mol. The quantitative estimate of drug-likeness (QED) is 0.886. The van der Waals surface area contributed by atoms with Crippen molar-refractivity contribution in [2.75, 3.05) is 13.1 Å². The van der Waals surface area contributed by atoms with Gasteiger partial charge in [-0.2, -0.15) is 0 Å². The summed E-state index contributed by atoms with van der Waals surface area (Å²) in [7, 11) is 0. The minimum atomic E-state index is 0.226. The molecule has 3 nitrogen and oxygen atoms in total. The second-order valence-corrected chi connectivity index (χ2v) is 6.75. The van der Waals surface area contributed by atoms with Crippen molar-refractivity contribution in [1.29, 1.82) is 0 Å².